The van der Waals surface area contributed by atoms with Crippen molar-refractivity contribution in [2.75, 3.05) is 18.1 Å². The van der Waals surface area contributed by atoms with Gasteiger partial charge in [0.25, 0.3) is 0 Å². The van der Waals surface area contributed by atoms with E-state index in [2.05, 4.69) is 55.4 Å². The van der Waals surface area contributed by atoms with Crippen molar-refractivity contribution >= 4 is 32.8 Å². The third kappa shape index (κ3) is 2.24. The summed E-state index contributed by atoms with van der Waals surface area (Å²) in [6.45, 7) is 5.57. The van der Waals surface area contributed by atoms with E-state index in [9.17, 15) is 5.11 Å². The van der Waals surface area contributed by atoms with Crippen LogP contribution in [-0.2, 0) is 0 Å². The molecule has 0 radical (unpaired) electrons. The Kier molecular flexibility index (Phi) is 3.24. The number of nitrogens with zero attached hydrogens (tertiary/aromatic N) is 4. The van der Waals surface area contributed by atoms with Crippen molar-refractivity contribution in [3.8, 4) is 0 Å². The normalized spacial score (nSPS) is 24.4. The van der Waals surface area contributed by atoms with Gasteiger partial charge in [-0.15, -0.1) is 0 Å². The van der Waals surface area contributed by atoms with Gasteiger partial charge in [0.05, 0.1) is 18.0 Å². The summed E-state index contributed by atoms with van der Waals surface area (Å²) in [5.74, 6) is 0.945. The molecule has 4 rings (SSSR count). The van der Waals surface area contributed by atoms with Gasteiger partial charge in [-0.25, -0.2) is 9.97 Å². The summed E-state index contributed by atoms with van der Waals surface area (Å²) in [7, 11) is 0. The molecule has 0 spiro atoms. The molecule has 2 aromatic rings. The molecule has 1 atom stereocenters. The first-order valence-electron chi connectivity index (χ1n) is 7.89. The van der Waals surface area contributed by atoms with Gasteiger partial charge < -0.3 is 14.6 Å². The Bertz CT molecular complexity index is 722. The molecule has 0 aromatic carbocycles. The lowest BCUT2D eigenvalue weighted by molar-refractivity contribution is 0.255. The van der Waals surface area contributed by atoms with E-state index in [0.717, 1.165) is 34.3 Å². The Labute approximate surface area is 138 Å². The Hall–Kier alpha value is -1.14. The van der Waals surface area contributed by atoms with E-state index in [1.165, 1.54) is 12.8 Å². The molecule has 1 aliphatic heterocycles. The second-order valence-corrected chi connectivity index (χ2v) is 8.20. The van der Waals surface area contributed by atoms with Gasteiger partial charge in [-0.05, 0) is 40.6 Å². The highest BCUT2D eigenvalue weighted by molar-refractivity contribution is 9.10. The minimum Gasteiger partial charge on any atom is -0.394 e. The largest absolute Gasteiger partial charge is 0.394 e. The highest BCUT2D eigenvalue weighted by Crippen LogP contribution is 2.44. The Balaban J connectivity index is 1.85. The van der Waals surface area contributed by atoms with E-state index in [1.54, 1.807) is 6.33 Å². The fourth-order valence-electron chi connectivity index (χ4n) is 3.69. The number of rotatable bonds is 3. The molecule has 6 heteroatoms. The molecule has 3 heterocycles. The molecular weight excluding hydrogens is 344 g/mol. The van der Waals surface area contributed by atoms with Crippen LogP contribution >= 0.6 is 15.9 Å². The topological polar surface area (TPSA) is 54.2 Å². The first-order chi connectivity index (χ1) is 10.5. The third-order valence-corrected chi connectivity index (χ3v) is 5.39. The van der Waals surface area contributed by atoms with Crippen molar-refractivity contribution in [3.63, 3.8) is 0 Å². The highest BCUT2D eigenvalue weighted by atomic mass is 79.9. The Morgan fingerprint density at radius 2 is 2.14 bits per heavy atom. The molecule has 2 aliphatic rings. The van der Waals surface area contributed by atoms with E-state index in [1.807, 2.05) is 0 Å². The molecule has 22 heavy (non-hydrogen) atoms. The number of hydrogen-bond donors (Lipinski definition) is 1. The minimum atomic E-state index is 0.129. The second-order valence-electron chi connectivity index (χ2n) is 7.34. The standard InChI is InChI=1S/C16H21BrN4O/c1-16(2)5-11(7-22)21(8-16)15-13-12(17)6-20(10-3-4-10)14(13)18-9-19-15/h6,9-11,22H,3-5,7-8H2,1-2H3/t11-/m0/s1. The molecule has 1 N–H and O–H groups in total. The first kappa shape index (κ1) is 14.5. The van der Waals surface area contributed by atoms with Crippen LogP contribution in [0.15, 0.2) is 17.0 Å². The molecule has 2 fully saturated rings. The van der Waals surface area contributed by atoms with Gasteiger partial charge in [-0.3, -0.25) is 0 Å². The molecule has 1 saturated carbocycles. The molecule has 5 nitrogen and oxygen atoms in total. The molecule has 1 aliphatic carbocycles. The van der Waals surface area contributed by atoms with E-state index < -0.39 is 0 Å². The SMILES string of the molecule is CC1(C)C[C@@H](CO)N(c2ncnc3c2c(Br)cn3C2CC2)C1. The summed E-state index contributed by atoms with van der Waals surface area (Å²) in [5.41, 5.74) is 1.19. The van der Waals surface area contributed by atoms with Crippen LogP contribution in [-0.4, -0.2) is 38.8 Å². The lowest BCUT2D eigenvalue weighted by Gasteiger charge is -2.25. The van der Waals surface area contributed by atoms with Gasteiger partial charge in [-0.1, -0.05) is 13.8 Å². The van der Waals surface area contributed by atoms with Crippen molar-refractivity contribution in [1.82, 2.24) is 14.5 Å². The zero-order valence-electron chi connectivity index (χ0n) is 13.0. The smallest absolute Gasteiger partial charge is 0.146 e. The van der Waals surface area contributed by atoms with E-state index in [4.69, 9.17) is 0 Å². The summed E-state index contributed by atoms with van der Waals surface area (Å²) in [5, 5.41) is 10.8. The van der Waals surface area contributed by atoms with Crippen molar-refractivity contribution in [3.05, 3.63) is 17.0 Å². The van der Waals surface area contributed by atoms with Crippen molar-refractivity contribution in [2.45, 2.75) is 45.2 Å². The molecule has 0 bridgehead atoms. The summed E-state index contributed by atoms with van der Waals surface area (Å²) in [4.78, 5) is 11.3. The zero-order valence-corrected chi connectivity index (χ0v) is 14.5. The van der Waals surface area contributed by atoms with Crippen molar-refractivity contribution in [1.29, 1.82) is 0 Å². The van der Waals surface area contributed by atoms with Gasteiger partial charge in [0.1, 0.15) is 17.8 Å². The highest BCUT2D eigenvalue weighted by Gasteiger charge is 2.39. The van der Waals surface area contributed by atoms with Crippen molar-refractivity contribution in [2.24, 2.45) is 5.41 Å². The van der Waals surface area contributed by atoms with Crippen molar-refractivity contribution < 1.29 is 5.11 Å². The number of aromatic nitrogens is 3. The Morgan fingerprint density at radius 3 is 2.82 bits per heavy atom. The average molecular weight is 365 g/mol. The predicted octanol–water partition coefficient (Wildman–Crippen LogP) is 3.13. The van der Waals surface area contributed by atoms with Gasteiger partial charge in [0.2, 0.25) is 0 Å². The quantitative estimate of drug-likeness (QED) is 0.908. The van der Waals surface area contributed by atoms with Crippen LogP contribution in [0.2, 0.25) is 0 Å². The first-order valence-corrected chi connectivity index (χ1v) is 8.68. The number of anilines is 1. The Morgan fingerprint density at radius 1 is 1.36 bits per heavy atom. The van der Waals surface area contributed by atoms with Gasteiger partial charge >= 0.3 is 0 Å². The summed E-state index contributed by atoms with van der Waals surface area (Å²) in [6, 6.07) is 0.712. The van der Waals surface area contributed by atoms with Crippen LogP contribution in [0.3, 0.4) is 0 Å². The van der Waals surface area contributed by atoms with Crippen LogP contribution in [0.5, 0.6) is 0 Å². The average Bonchev–Trinajstić information content (AvgIpc) is 3.20. The van der Waals surface area contributed by atoms with E-state index >= 15 is 0 Å². The summed E-state index contributed by atoms with van der Waals surface area (Å²) in [6.07, 6.45) is 7.23. The van der Waals surface area contributed by atoms with Crippen LogP contribution in [0.4, 0.5) is 5.82 Å². The zero-order chi connectivity index (χ0) is 15.5. The van der Waals surface area contributed by atoms with Gasteiger partial charge in [0.15, 0.2) is 0 Å². The fraction of sp³-hybridized carbons (Fsp3) is 0.625. The third-order valence-electron chi connectivity index (χ3n) is 4.79. The molecule has 1 saturated heterocycles. The maximum atomic E-state index is 9.77. The fourth-order valence-corrected chi connectivity index (χ4v) is 4.26. The number of aliphatic hydroxyl groups excluding tert-OH is 1. The predicted molar refractivity (Wildman–Crippen MR) is 90.1 cm³/mol. The van der Waals surface area contributed by atoms with Crippen LogP contribution in [0, 0.1) is 5.41 Å². The number of fused-ring (bicyclic) bond motifs is 1. The maximum Gasteiger partial charge on any atom is 0.146 e. The number of halogens is 1. The van der Waals surface area contributed by atoms with E-state index in [0.29, 0.717) is 6.04 Å². The molecule has 118 valence electrons. The lowest BCUT2D eigenvalue weighted by Crippen LogP contribution is -2.33. The summed E-state index contributed by atoms with van der Waals surface area (Å²) < 4.78 is 3.31. The number of hydrogen-bond acceptors (Lipinski definition) is 4. The van der Waals surface area contributed by atoms with Crippen LogP contribution in [0.25, 0.3) is 11.0 Å². The minimum absolute atomic E-state index is 0.129. The number of aliphatic hydroxyl groups is 1. The second kappa shape index (κ2) is 4.93. The van der Waals surface area contributed by atoms with E-state index in [-0.39, 0.29) is 18.1 Å². The molecule has 2 aromatic heterocycles. The van der Waals surface area contributed by atoms with Gasteiger partial charge in [-0.2, -0.15) is 0 Å². The lowest BCUT2D eigenvalue weighted by atomic mass is 9.91. The van der Waals surface area contributed by atoms with Crippen LogP contribution < -0.4 is 4.90 Å². The summed E-state index contributed by atoms with van der Waals surface area (Å²) >= 11 is 3.69. The monoisotopic (exact) mass is 364 g/mol. The van der Waals surface area contributed by atoms with Gasteiger partial charge in [0, 0.05) is 23.3 Å². The van der Waals surface area contributed by atoms with Crippen LogP contribution in [0.1, 0.15) is 39.2 Å². The molecular formula is C16H21BrN4O. The maximum absolute atomic E-state index is 9.77. The molecule has 0 unspecified atom stereocenters. The molecule has 0 amide bonds.